The maximum absolute atomic E-state index is 9.56. The van der Waals surface area contributed by atoms with Crippen LogP contribution in [0.25, 0.3) is 0 Å². The van der Waals surface area contributed by atoms with Crippen molar-refractivity contribution >= 4 is 5.78 Å². The molecule has 0 heterocycles. The van der Waals surface area contributed by atoms with Crippen molar-refractivity contribution in [3.8, 4) is 0 Å². The highest BCUT2D eigenvalue weighted by Crippen LogP contribution is 1.71. The van der Waals surface area contributed by atoms with Crippen LogP contribution in [0.4, 0.5) is 0 Å². The summed E-state index contributed by atoms with van der Waals surface area (Å²) in [5.41, 5.74) is 0. The molecule has 0 aliphatic rings. The van der Waals surface area contributed by atoms with Crippen molar-refractivity contribution in [1.29, 1.82) is 0 Å². The maximum Gasteiger partial charge on any atom is 0.155 e. The average Bonchev–Trinajstić information content (AvgIpc) is 2.20. The topological polar surface area (TPSA) is 144 Å². The van der Waals surface area contributed by atoms with Gasteiger partial charge in [-0.1, -0.05) is 0 Å². The van der Waals surface area contributed by atoms with Gasteiger partial charge in [0, 0.05) is 0 Å². The summed E-state index contributed by atoms with van der Waals surface area (Å²) in [4.78, 5) is 9.56. The minimum Gasteiger partial charge on any atom is -0.394 e. The molecule has 0 saturated carbocycles. The number of hydrogen-bond donors (Lipinski definition) is 6. The van der Waals surface area contributed by atoms with Gasteiger partial charge in [0.1, 0.15) is 12.7 Å². The lowest BCUT2D eigenvalue weighted by Crippen LogP contribution is -2.15. The van der Waals surface area contributed by atoms with Crippen LogP contribution in [0.2, 0.25) is 0 Å². The number of carbonyl (C=O) groups is 1. The summed E-state index contributed by atoms with van der Waals surface area (Å²) in [5, 5.41) is 38.3. The van der Waals surface area contributed by atoms with E-state index in [-0.39, 0.29) is 25.6 Å². The van der Waals surface area contributed by atoms with Crippen molar-refractivity contribution in [2.24, 2.45) is 5.90 Å². The van der Waals surface area contributed by atoms with Crippen molar-refractivity contribution in [2.45, 2.75) is 13.0 Å². The van der Waals surface area contributed by atoms with Gasteiger partial charge < -0.3 is 25.6 Å². The van der Waals surface area contributed by atoms with Gasteiger partial charge in [0.05, 0.1) is 13.2 Å². The molecule has 0 radical (unpaired) electrons. The smallest absolute Gasteiger partial charge is 0.155 e. The molecule has 0 rings (SSSR count). The van der Waals surface area contributed by atoms with Gasteiger partial charge in [0.2, 0.25) is 0 Å². The molecule has 0 aromatic carbocycles. The van der Waals surface area contributed by atoms with Crippen LogP contribution >= 0.6 is 0 Å². The Bertz CT molecular complexity index is 95.1. The zero-order chi connectivity index (χ0) is 11.3. The Morgan fingerprint density at radius 1 is 1.23 bits per heavy atom. The molecule has 0 spiro atoms. The van der Waals surface area contributed by atoms with Gasteiger partial charge in [-0.05, 0) is 6.92 Å². The van der Waals surface area contributed by atoms with Crippen LogP contribution < -0.4 is 5.90 Å². The van der Waals surface area contributed by atoms with Gasteiger partial charge in [-0.2, -0.15) is 0 Å². The molecule has 13 heavy (non-hydrogen) atoms. The number of aliphatic hydroxyl groups is 4. The second-order valence-corrected chi connectivity index (χ2v) is 1.88. The Hall–Kier alpha value is -0.570. The highest BCUT2D eigenvalue weighted by atomic mass is 16.4. The van der Waals surface area contributed by atoms with E-state index in [0.717, 1.165) is 0 Å². The maximum atomic E-state index is 9.56. The first-order valence-electron chi connectivity index (χ1n) is 3.34. The Morgan fingerprint density at radius 3 is 1.46 bits per heavy atom. The van der Waals surface area contributed by atoms with Gasteiger partial charge in [-0.25, -0.2) is 5.90 Å². The van der Waals surface area contributed by atoms with Gasteiger partial charge in [0.25, 0.3) is 0 Å². The molecule has 0 atom stereocenters. The summed E-state index contributed by atoms with van der Waals surface area (Å²) in [6, 6.07) is 0. The minimum atomic E-state index is -0.954. The number of Topliss-reactive ketones (excluding diaryl/α,β-unsaturated/α-hetero) is 1. The zero-order valence-corrected chi connectivity index (χ0v) is 7.42. The third-order valence-corrected chi connectivity index (χ3v) is 0.644. The first-order valence-corrected chi connectivity index (χ1v) is 3.34. The van der Waals surface area contributed by atoms with Crippen LogP contribution in [-0.4, -0.2) is 57.3 Å². The summed E-state index contributed by atoms with van der Waals surface area (Å²) < 4.78 is 0. The Labute approximate surface area is 76.0 Å². The van der Waals surface area contributed by atoms with Crippen LogP contribution in [0, 0.1) is 0 Å². The quantitative estimate of drug-likeness (QED) is 0.270. The molecule has 82 valence electrons. The summed E-state index contributed by atoms with van der Waals surface area (Å²) in [6.07, 6.45) is -0.954. The number of ketones is 1. The Morgan fingerprint density at radius 2 is 1.46 bits per heavy atom. The number of nitrogens with two attached hydrogens (primary N) is 1. The fourth-order valence-corrected chi connectivity index (χ4v) is 0.0577. The molecular weight excluding hydrogens is 182 g/mol. The van der Waals surface area contributed by atoms with Crippen LogP contribution in [0.5, 0.6) is 0 Å². The summed E-state index contributed by atoms with van der Waals surface area (Å²) in [7, 11) is 0. The van der Waals surface area contributed by atoms with Gasteiger partial charge >= 0.3 is 0 Å². The third-order valence-electron chi connectivity index (χ3n) is 0.644. The van der Waals surface area contributed by atoms with Crippen molar-refractivity contribution in [2.75, 3.05) is 19.8 Å². The van der Waals surface area contributed by atoms with Gasteiger partial charge in [-0.3, -0.25) is 4.79 Å². The highest BCUT2D eigenvalue weighted by Gasteiger charge is 1.93. The average molecular weight is 199 g/mol. The second-order valence-electron chi connectivity index (χ2n) is 1.88. The largest absolute Gasteiger partial charge is 0.394 e. The molecule has 7 N–H and O–H groups in total. The van der Waals surface area contributed by atoms with E-state index in [9.17, 15) is 4.79 Å². The predicted molar refractivity (Wildman–Crippen MR) is 43.9 cm³/mol. The lowest BCUT2D eigenvalue weighted by atomic mass is 10.4. The van der Waals surface area contributed by atoms with E-state index in [2.05, 4.69) is 5.90 Å². The van der Waals surface area contributed by atoms with E-state index in [1.807, 2.05) is 0 Å². The van der Waals surface area contributed by atoms with Crippen molar-refractivity contribution in [1.82, 2.24) is 0 Å². The lowest BCUT2D eigenvalue weighted by Gasteiger charge is -1.96. The first-order chi connectivity index (χ1) is 6.08. The molecule has 0 aliphatic heterocycles. The van der Waals surface area contributed by atoms with E-state index in [1.165, 1.54) is 6.92 Å². The molecule has 0 aromatic heterocycles. The Kier molecular flexibility index (Phi) is 24.6. The molecule has 0 bridgehead atoms. The van der Waals surface area contributed by atoms with E-state index < -0.39 is 6.10 Å². The molecule has 0 unspecified atom stereocenters. The highest BCUT2D eigenvalue weighted by molar-refractivity contribution is 5.76. The number of hydrogen-bond acceptors (Lipinski definition) is 7. The Balaban J connectivity index is -0.000000131. The first kappa shape index (κ1) is 18.3. The number of aliphatic hydroxyl groups excluding tert-OH is 4. The number of carbonyl (C=O) groups excluding carboxylic acids is 1. The fraction of sp³-hybridized carbons (Fsp3) is 0.833. The van der Waals surface area contributed by atoms with Crippen LogP contribution in [0.15, 0.2) is 0 Å². The monoisotopic (exact) mass is 199 g/mol. The van der Waals surface area contributed by atoms with E-state index in [4.69, 9.17) is 25.6 Å². The number of rotatable bonds is 3. The second kappa shape index (κ2) is 17.5. The lowest BCUT2D eigenvalue weighted by molar-refractivity contribution is -0.119. The third kappa shape index (κ3) is 34.5. The van der Waals surface area contributed by atoms with Gasteiger partial charge in [-0.15, -0.1) is 0 Å². The van der Waals surface area contributed by atoms with Crippen molar-refractivity contribution in [3.05, 3.63) is 0 Å². The van der Waals surface area contributed by atoms with Crippen LogP contribution in [0.3, 0.4) is 0 Å². The molecule has 0 aromatic rings. The molecule has 0 amide bonds. The van der Waals surface area contributed by atoms with E-state index >= 15 is 0 Å². The summed E-state index contributed by atoms with van der Waals surface area (Å²) in [5.74, 6) is 3.31. The summed E-state index contributed by atoms with van der Waals surface area (Å²) in [6.45, 7) is 0.271. The predicted octanol–water partition coefficient (Wildman–Crippen LogP) is -2.77. The molecule has 7 nitrogen and oxygen atoms in total. The molecule has 0 fully saturated rings. The van der Waals surface area contributed by atoms with Crippen LogP contribution in [-0.2, 0) is 4.79 Å². The molecule has 0 aliphatic carbocycles. The van der Waals surface area contributed by atoms with E-state index in [0.29, 0.717) is 0 Å². The van der Waals surface area contributed by atoms with Crippen molar-refractivity contribution < 1.29 is 30.4 Å². The van der Waals surface area contributed by atoms with Crippen LogP contribution in [0.1, 0.15) is 6.92 Å². The van der Waals surface area contributed by atoms with Gasteiger partial charge in [0.15, 0.2) is 5.78 Å². The van der Waals surface area contributed by atoms with E-state index in [1.54, 1.807) is 0 Å². The molecule has 0 saturated heterocycles. The standard InChI is InChI=1S/C3H8O3.C3H6O2.H3NO/c4-1-3(6)2-5;1-3(5)2-4;1-2/h3-6H,1-2H2;4H,2H2,1H3;2H,1H2. The molecule has 7 heteroatoms. The SMILES string of the molecule is CC(=O)CO.NO.OCC(O)CO. The fourth-order valence-electron chi connectivity index (χ4n) is 0.0577. The molecular formula is C6H17NO6. The van der Waals surface area contributed by atoms with Crippen molar-refractivity contribution in [3.63, 3.8) is 0 Å². The minimum absolute atomic E-state index is 0.190. The summed E-state index contributed by atoms with van der Waals surface area (Å²) >= 11 is 0. The zero-order valence-electron chi connectivity index (χ0n) is 7.42. The normalized spacial score (nSPS) is 8.00.